The van der Waals surface area contributed by atoms with Crippen molar-refractivity contribution < 1.29 is 19.1 Å². The summed E-state index contributed by atoms with van der Waals surface area (Å²) >= 11 is 0. The van der Waals surface area contributed by atoms with E-state index >= 15 is 0 Å². The maximum Gasteiger partial charge on any atom is 0.411 e. The number of likely N-dealkylation sites (tertiary alicyclic amines) is 1. The lowest BCUT2D eigenvalue weighted by atomic mass is 9.85. The average Bonchev–Trinajstić information content (AvgIpc) is 2.52. The molecule has 1 aliphatic rings. The summed E-state index contributed by atoms with van der Waals surface area (Å²) in [6.07, 6.45) is 0.895. The van der Waals surface area contributed by atoms with E-state index in [0.29, 0.717) is 13.0 Å². The number of carbonyl (C=O) groups excluding carboxylic acids is 2. The molecule has 0 unspecified atom stereocenters. The molecule has 0 aliphatic carbocycles. The number of piperidine rings is 1. The number of methoxy groups -OCH3 is 1. The highest BCUT2D eigenvalue weighted by molar-refractivity contribution is 5.82. The van der Waals surface area contributed by atoms with Gasteiger partial charge < -0.3 is 9.47 Å². The fraction of sp³-hybridized carbons (Fsp3) is 0.556. The molecule has 1 aromatic carbocycles. The maximum atomic E-state index is 12.4. The minimum atomic E-state index is -0.603. The highest BCUT2D eigenvalue weighted by atomic mass is 16.6. The highest BCUT2D eigenvalue weighted by Crippen LogP contribution is 2.32. The summed E-state index contributed by atoms with van der Waals surface area (Å²) in [5, 5.41) is 0. The van der Waals surface area contributed by atoms with Crippen LogP contribution in [0.25, 0.3) is 0 Å². The van der Waals surface area contributed by atoms with Gasteiger partial charge in [-0.1, -0.05) is 30.3 Å². The molecule has 1 aliphatic heterocycles. The topological polar surface area (TPSA) is 55.8 Å². The van der Waals surface area contributed by atoms with Crippen LogP contribution in [-0.4, -0.2) is 42.3 Å². The molecule has 5 heteroatoms. The van der Waals surface area contributed by atoms with Crippen molar-refractivity contribution in [3.63, 3.8) is 0 Å². The fourth-order valence-electron chi connectivity index (χ4n) is 2.89. The van der Waals surface area contributed by atoms with Gasteiger partial charge in [-0.05, 0) is 45.1 Å². The molecule has 1 heterocycles. The number of hydrogen-bond acceptors (Lipinski definition) is 4. The van der Waals surface area contributed by atoms with Gasteiger partial charge in [0.25, 0.3) is 0 Å². The van der Waals surface area contributed by atoms with Crippen molar-refractivity contribution >= 4 is 12.1 Å². The molecule has 2 rings (SSSR count). The van der Waals surface area contributed by atoms with Crippen molar-refractivity contribution in [1.29, 1.82) is 0 Å². The molecule has 1 aromatic rings. The average molecular weight is 319 g/mol. The van der Waals surface area contributed by atoms with E-state index in [4.69, 9.17) is 9.47 Å². The number of esters is 1. The van der Waals surface area contributed by atoms with Crippen LogP contribution in [0.3, 0.4) is 0 Å². The Hall–Kier alpha value is -2.04. The summed E-state index contributed by atoms with van der Waals surface area (Å²) in [7, 11) is 1.35. The summed E-state index contributed by atoms with van der Waals surface area (Å²) < 4.78 is 10.3. The van der Waals surface area contributed by atoms with Gasteiger partial charge in [0.2, 0.25) is 0 Å². The molecule has 23 heavy (non-hydrogen) atoms. The first-order valence-corrected chi connectivity index (χ1v) is 7.94. The minimum Gasteiger partial charge on any atom is -0.467 e. The van der Waals surface area contributed by atoms with Crippen LogP contribution in [0.15, 0.2) is 30.3 Å². The van der Waals surface area contributed by atoms with Gasteiger partial charge in [0, 0.05) is 6.54 Å². The second-order valence-corrected chi connectivity index (χ2v) is 6.84. The van der Waals surface area contributed by atoms with Crippen LogP contribution >= 0.6 is 0 Å². The van der Waals surface area contributed by atoms with Crippen molar-refractivity contribution in [2.75, 3.05) is 13.7 Å². The zero-order valence-electron chi connectivity index (χ0n) is 14.2. The molecule has 0 bridgehead atoms. The van der Waals surface area contributed by atoms with Crippen LogP contribution in [0.5, 0.6) is 0 Å². The molecular weight excluding hydrogens is 294 g/mol. The van der Waals surface area contributed by atoms with E-state index in [0.717, 1.165) is 6.42 Å². The number of benzene rings is 1. The monoisotopic (exact) mass is 319 g/mol. The third-order valence-corrected chi connectivity index (χ3v) is 3.97. The largest absolute Gasteiger partial charge is 0.467 e. The Morgan fingerprint density at radius 1 is 1.17 bits per heavy atom. The predicted molar refractivity (Wildman–Crippen MR) is 87.2 cm³/mol. The minimum absolute atomic E-state index is 0.235. The van der Waals surface area contributed by atoms with Crippen LogP contribution < -0.4 is 0 Å². The van der Waals surface area contributed by atoms with Gasteiger partial charge in [-0.3, -0.25) is 4.90 Å². The molecule has 0 saturated carbocycles. The SMILES string of the molecule is COC(=O)[C@H]1C[C@@H](c2ccccc2)CCN1C(=O)OC(C)(C)C. The molecule has 0 aromatic heterocycles. The van der Waals surface area contributed by atoms with Gasteiger partial charge in [-0.15, -0.1) is 0 Å². The lowest BCUT2D eigenvalue weighted by Crippen LogP contribution is -2.51. The molecule has 1 amide bonds. The van der Waals surface area contributed by atoms with Gasteiger partial charge >= 0.3 is 12.1 Å². The molecular formula is C18H25NO4. The van der Waals surface area contributed by atoms with Crippen molar-refractivity contribution in [3.8, 4) is 0 Å². The molecule has 1 saturated heterocycles. The van der Waals surface area contributed by atoms with E-state index in [1.54, 1.807) is 0 Å². The molecule has 1 fully saturated rings. The Kier molecular flexibility index (Phi) is 5.29. The fourth-order valence-corrected chi connectivity index (χ4v) is 2.89. The quantitative estimate of drug-likeness (QED) is 0.785. The molecule has 2 atom stereocenters. The molecule has 5 nitrogen and oxygen atoms in total. The highest BCUT2D eigenvalue weighted by Gasteiger charge is 2.39. The van der Waals surface area contributed by atoms with Gasteiger partial charge in [-0.2, -0.15) is 0 Å². The van der Waals surface area contributed by atoms with Crippen LogP contribution in [-0.2, 0) is 14.3 Å². The zero-order chi connectivity index (χ0) is 17.0. The van der Waals surface area contributed by atoms with Crippen molar-refractivity contribution in [1.82, 2.24) is 4.90 Å². The Balaban J connectivity index is 2.16. The van der Waals surface area contributed by atoms with Crippen molar-refractivity contribution in [3.05, 3.63) is 35.9 Å². The number of rotatable bonds is 2. The summed E-state index contributed by atoms with van der Waals surface area (Å²) in [6.45, 7) is 5.92. The lowest BCUT2D eigenvalue weighted by molar-refractivity contribution is -0.148. The summed E-state index contributed by atoms with van der Waals surface area (Å²) in [4.78, 5) is 26.0. The normalized spacial score (nSPS) is 21.7. The Bertz CT molecular complexity index is 550. The smallest absolute Gasteiger partial charge is 0.411 e. The van der Waals surface area contributed by atoms with E-state index in [9.17, 15) is 9.59 Å². The Labute approximate surface area is 137 Å². The predicted octanol–water partition coefficient (Wildman–Crippen LogP) is 3.34. The van der Waals surface area contributed by atoms with E-state index in [1.807, 2.05) is 39.0 Å². The van der Waals surface area contributed by atoms with Crippen LogP contribution in [0.1, 0.15) is 45.1 Å². The molecule has 126 valence electrons. The number of ether oxygens (including phenoxy) is 2. The maximum absolute atomic E-state index is 12.4. The number of carbonyl (C=O) groups is 2. The van der Waals surface area contributed by atoms with E-state index < -0.39 is 23.7 Å². The zero-order valence-corrected chi connectivity index (χ0v) is 14.2. The van der Waals surface area contributed by atoms with Gasteiger partial charge in [0.05, 0.1) is 7.11 Å². The first-order valence-electron chi connectivity index (χ1n) is 7.94. The van der Waals surface area contributed by atoms with Gasteiger partial charge in [0.15, 0.2) is 0 Å². The number of nitrogens with zero attached hydrogens (tertiary/aromatic N) is 1. The van der Waals surface area contributed by atoms with Crippen molar-refractivity contribution in [2.24, 2.45) is 0 Å². The van der Waals surface area contributed by atoms with Crippen LogP contribution in [0.4, 0.5) is 4.79 Å². The molecule has 0 N–H and O–H groups in total. The van der Waals surface area contributed by atoms with E-state index in [2.05, 4.69) is 12.1 Å². The second kappa shape index (κ2) is 7.02. The Morgan fingerprint density at radius 3 is 2.39 bits per heavy atom. The number of amides is 1. The molecule has 0 radical (unpaired) electrons. The van der Waals surface area contributed by atoms with Gasteiger partial charge in [0.1, 0.15) is 11.6 Å². The third-order valence-electron chi connectivity index (χ3n) is 3.97. The lowest BCUT2D eigenvalue weighted by Gasteiger charge is -2.38. The standard InChI is InChI=1S/C18H25NO4/c1-18(2,3)23-17(21)19-11-10-14(12-15(19)16(20)22-4)13-8-6-5-7-9-13/h5-9,14-15H,10-12H2,1-4H3/t14-,15+/m0/s1. The van der Waals surface area contributed by atoms with Crippen LogP contribution in [0, 0.1) is 0 Å². The van der Waals surface area contributed by atoms with E-state index in [-0.39, 0.29) is 5.92 Å². The van der Waals surface area contributed by atoms with Crippen molar-refractivity contribution in [2.45, 2.75) is 51.2 Å². The number of hydrogen-bond donors (Lipinski definition) is 0. The second-order valence-electron chi connectivity index (χ2n) is 6.84. The Morgan fingerprint density at radius 2 is 1.83 bits per heavy atom. The summed E-state index contributed by atoms with van der Waals surface area (Å²) in [5.41, 5.74) is 0.596. The third kappa shape index (κ3) is 4.47. The van der Waals surface area contributed by atoms with Gasteiger partial charge in [-0.25, -0.2) is 9.59 Å². The van der Waals surface area contributed by atoms with E-state index in [1.165, 1.54) is 17.6 Å². The summed E-state index contributed by atoms with van der Waals surface area (Å²) in [5.74, 6) is -0.157. The van der Waals surface area contributed by atoms with Crippen LogP contribution in [0.2, 0.25) is 0 Å². The first-order chi connectivity index (χ1) is 10.8. The summed E-state index contributed by atoms with van der Waals surface area (Å²) in [6, 6.07) is 9.46. The first kappa shape index (κ1) is 17.3. The molecule has 0 spiro atoms.